The maximum absolute atomic E-state index is 12.8. The van der Waals surface area contributed by atoms with E-state index in [1.54, 1.807) is 4.90 Å². The second-order valence-electron chi connectivity index (χ2n) is 8.38. The molecule has 4 nitrogen and oxygen atoms in total. The molecule has 2 heterocycles. The molecule has 2 atom stereocenters. The number of hydrogen-bond acceptors (Lipinski definition) is 2. The van der Waals surface area contributed by atoms with E-state index in [-0.39, 0.29) is 6.03 Å². The van der Waals surface area contributed by atoms with Gasteiger partial charge in [-0.3, -0.25) is 4.90 Å². The number of rotatable bonds is 10. The number of hydrogen-bond donors (Lipinski definition) is 1. The summed E-state index contributed by atoms with van der Waals surface area (Å²) in [5.41, 5.74) is 2.38. The summed E-state index contributed by atoms with van der Waals surface area (Å²) in [6.45, 7) is 4.07. The fourth-order valence-corrected chi connectivity index (χ4v) is 4.45. The Labute approximate surface area is 165 Å². The molecular weight excluding hydrogens is 334 g/mol. The van der Waals surface area contributed by atoms with Gasteiger partial charge in [0.15, 0.2) is 0 Å². The van der Waals surface area contributed by atoms with Gasteiger partial charge in [-0.15, -0.1) is 0 Å². The number of anilines is 1. The van der Waals surface area contributed by atoms with E-state index >= 15 is 0 Å². The number of urea groups is 1. The van der Waals surface area contributed by atoms with Gasteiger partial charge in [-0.2, -0.15) is 0 Å². The van der Waals surface area contributed by atoms with Gasteiger partial charge in [0.1, 0.15) is 0 Å². The van der Waals surface area contributed by atoms with Gasteiger partial charge in [-0.1, -0.05) is 64.0 Å². The molecule has 0 saturated carbocycles. The number of carbonyl (C=O) groups excluding carboxylic acids is 1. The van der Waals surface area contributed by atoms with Crippen molar-refractivity contribution in [2.45, 2.75) is 83.2 Å². The SMILES string of the molecule is CCCCCCCCCCc1ccc(N(C)C(=O)N2CC3CC2CN3)cc1. The lowest BCUT2D eigenvalue weighted by molar-refractivity contribution is 0.193. The maximum Gasteiger partial charge on any atom is 0.324 e. The molecule has 2 aliphatic heterocycles. The molecule has 4 heteroatoms. The molecule has 150 valence electrons. The highest BCUT2D eigenvalue weighted by Crippen LogP contribution is 2.26. The third kappa shape index (κ3) is 5.47. The fourth-order valence-electron chi connectivity index (χ4n) is 4.45. The number of benzene rings is 1. The number of piperazine rings is 1. The van der Waals surface area contributed by atoms with Crippen LogP contribution in [0.5, 0.6) is 0 Å². The Hall–Kier alpha value is -1.55. The molecule has 2 bridgehead atoms. The topological polar surface area (TPSA) is 35.6 Å². The van der Waals surface area contributed by atoms with Crippen molar-refractivity contribution in [3.8, 4) is 0 Å². The zero-order chi connectivity index (χ0) is 19.1. The van der Waals surface area contributed by atoms with E-state index in [2.05, 4.69) is 36.5 Å². The summed E-state index contributed by atoms with van der Waals surface area (Å²) in [6.07, 6.45) is 13.1. The number of amides is 2. The molecule has 1 aromatic carbocycles. The van der Waals surface area contributed by atoms with Crippen molar-refractivity contribution in [1.29, 1.82) is 0 Å². The zero-order valence-corrected chi connectivity index (χ0v) is 17.3. The average molecular weight is 372 g/mol. The van der Waals surface area contributed by atoms with Crippen LogP contribution < -0.4 is 10.2 Å². The number of carbonyl (C=O) groups is 1. The zero-order valence-electron chi connectivity index (χ0n) is 17.3. The van der Waals surface area contributed by atoms with Crippen molar-refractivity contribution < 1.29 is 4.79 Å². The molecule has 1 N–H and O–H groups in total. The Kier molecular flexibility index (Phi) is 7.57. The van der Waals surface area contributed by atoms with Gasteiger partial charge >= 0.3 is 6.03 Å². The number of fused-ring (bicyclic) bond motifs is 2. The molecular formula is C23H37N3O. The minimum atomic E-state index is 0.139. The van der Waals surface area contributed by atoms with E-state index < -0.39 is 0 Å². The van der Waals surface area contributed by atoms with Crippen LogP contribution in [0.2, 0.25) is 0 Å². The fraction of sp³-hybridized carbons (Fsp3) is 0.696. The second kappa shape index (κ2) is 10.1. The van der Waals surface area contributed by atoms with Crippen LogP contribution in [0.25, 0.3) is 0 Å². The van der Waals surface area contributed by atoms with Crippen LogP contribution >= 0.6 is 0 Å². The Morgan fingerprint density at radius 1 is 1.07 bits per heavy atom. The predicted molar refractivity (Wildman–Crippen MR) is 113 cm³/mol. The van der Waals surface area contributed by atoms with Gasteiger partial charge in [0, 0.05) is 37.9 Å². The van der Waals surface area contributed by atoms with Crippen LogP contribution in [-0.4, -0.2) is 43.2 Å². The molecule has 2 fully saturated rings. The Bertz CT molecular complexity index is 586. The quantitative estimate of drug-likeness (QED) is 0.589. The monoisotopic (exact) mass is 371 g/mol. The van der Waals surface area contributed by atoms with Gasteiger partial charge in [0.25, 0.3) is 0 Å². The lowest BCUT2D eigenvalue weighted by Gasteiger charge is -2.31. The highest BCUT2D eigenvalue weighted by Gasteiger charge is 2.41. The number of likely N-dealkylation sites (tertiary alicyclic amines) is 1. The molecule has 2 unspecified atom stereocenters. The van der Waals surface area contributed by atoms with E-state index in [4.69, 9.17) is 0 Å². The Morgan fingerprint density at radius 2 is 1.74 bits per heavy atom. The van der Waals surface area contributed by atoms with Crippen molar-refractivity contribution >= 4 is 11.7 Å². The maximum atomic E-state index is 12.8. The highest BCUT2D eigenvalue weighted by atomic mass is 16.2. The first-order chi connectivity index (χ1) is 13.2. The van der Waals surface area contributed by atoms with E-state index in [0.29, 0.717) is 12.1 Å². The molecule has 0 spiro atoms. The third-order valence-electron chi connectivity index (χ3n) is 6.23. The van der Waals surface area contributed by atoms with Crippen molar-refractivity contribution in [3.05, 3.63) is 29.8 Å². The van der Waals surface area contributed by atoms with Crippen molar-refractivity contribution in [3.63, 3.8) is 0 Å². The molecule has 0 aromatic heterocycles. The van der Waals surface area contributed by atoms with Crippen LogP contribution in [-0.2, 0) is 6.42 Å². The van der Waals surface area contributed by atoms with Crippen molar-refractivity contribution in [2.75, 3.05) is 25.0 Å². The first-order valence-corrected chi connectivity index (χ1v) is 11.1. The minimum absolute atomic E-state index is 0.139. The molecule has 0 aliphatic carbocycles. The number of nitrogens with one attached hydrogen (secondary N) is 1. The van der Waals surface area contributed by atoms with Crippen LogP contribution in [0.15, 0.2) is 24.3 Å². The molecule has 2 amide bonds. The van der Waals surface area contributed by atoms with Crippen LogP contribution in [0.4, 0.5) is 10.5 Å². The summed E-state index contributed by atoms with van der Waals surface area (Å²) in [7, 11) is 1.90. The summed E-state index contributed by atoms with van der Waals surface area (Å²) in [5.74, 6) is 0. The third-order valence-corrected chi connectivity index (χ3v) is 6.23. The van der Waals surface area contributed by atoms with Gasteiger partial charge in [-0.05, 0) is 37.0 Å². The van der Waals surface area contributed by atoms with Crippen LogP contribution in [0, 0.1) is 0 Å². The first-order valence-electron chi connectivity index (χ1n) is 11.1. The minimum Gasteiger partial charge on any atom is -0.318 e. The lowest BCUT2D eigenvalue weighted by atomic mass is 10.0. The molecule has 27 heavy (non-hydrogen) atoms. The van der Waals surface area contributed by atoms with Crippen LogP contribution in [0.1, 0.15) is 70.3 Å². The first kappa shape index (κ1) is 20.2. The predicted octanol–water partition coefficient (Wildman–Crippen LogP) is 4.97. The smallest absolute Gasteiger partial charge is 0.318 e. The van der Waals surface area contributed by atoms with Crippen LogP contribution in [0.3, 0.4) is 0 Å². The lowest BCUT2D eigenvalue weighted by Crippen LogP contribution is -2.51. The van der Waals surface area contributed by atoms with Crippen molar-refractivity contribution in [2.24, 2.45) is 0 Å². The summed E-state index contributed by atoms with van der Waals surface area (Å²) < 4.78 is 0. The van der Waals surface area contributed by atoms with E-state index in [0.717, 1.165) is 31.6 Å². The molecule has 3 rings (SSSR count). The second-order valence-corrected chi connectivity index (χ2v) is 8.38. The van der Waals surface area contributed by atoms with E-state index in [9.17, 15) is 4.79 Å². The number of unbranched alkanes of at least 4 members (excludes halogenated alkanes) is 7. The summed E-state index contributed by atoms with van der Waals surface area (Å²) in [4.78, 5) is 16.6. The normalized spacial score (nSPS) is 21.0. The van der Waals surface area contributed by atoms with Gasteiger partial charge in [0.2, 0.25) is 0 Å². The van der Waals surface area contributed by atoms with E-state index in [1.807, 2.05) is 11.9 Å². The number of aryl methyl sites for hydroxylation is 1. The van der Waals surface area contributed by atoms with Gasteiger partial charge in [-0.25, -0.2) is 4.79 Å². The molecule has 1 aromatic rings. The molecule has 2 saturated heterocycles. The van der Waals surface area contributed by atoms with Crippen molar-refractivity contribution in [1.82, 2.24) is 10.2 Å². The standard InChI is InChI=1S/C23H37N3O/c1-3-4-5-6-7-8-9-10-11-19-12-14-21(15-13-19)25(2)23(27)26-18-20-16-22(26)17-24-20/h12-15,20,22,24H,3-11,16-18H2,1-2H3. The molecule has 0 radical (unpaired) electrons. The molecule has 2 aliphatic rings. The Balaban J connectivity index is 1.37. The number of nitrogens with zero attached hydrogens (tertiary/aromatic N) is 2. The largest absolute Gasteiger partial charge is 0.324 e. The Morgan fingerprint density at radius 3 is 2.33 bits per heavy atom. The van der Waals surface area contributed by atoms with Gasteiger partial charge < -0.3 is 10.2 Å². The van der Waals surface area contributed by atoms with E-state index in [1.165, 1.54) is 56.9 Å². The summed E-state index contributed by atoms with van der Waals surface area (Å²) in [6, 6.07) is 9.61. The summed E-state index contributed by atoms with van der Waals surface area (Å²) >= 11 is 0. The average Bonchev–Trinajstić information content (AvgIpc) is 3.33. The summed E-state index contributed by atoms with van der Waals surface area (Å²) in [5, 5.41) is 3.46. The van der Waals surface area contributed by atoms with Gasteiger partial charge in [0.05, 0.1) is 0 Å². The highest BCUT2D eigenvalue weighted by molar-refractivity contribution is 5.92.